The van der Waals surface area contributed by atoms with E-state index >= 15 is 0 Å². The van der Waals surface area contributed by atoms with Crippen molar-refractivity contribution < 1.29 is 0 Å². The molecule has 0 amide bonds. The zero-order valence-electron chi connectivity index (χ0n) is 9.58. The molecule has 1 atom stereocenters. The maximum absolute atomic E-state index is 6.26. The van der Waals surface area contributed by atoms with Gasteiger partial charge in [0.05, 0.1) is 26.7 Å². The van der Waals surface area contributed by atoms with E-state index in [1.807, 2.05) is 11.6 Å². The van der Waals surface area contributed by atoms with Crippen molar-refractivity contribution in [3.63, 3.8) is 0 Å². The van der Waals surface area contributed by atoms with E-state index in [2.05, 4.69) is 34.0 Å². The molecule has 2 rings (SSSR count). The Labute approximate surface area is 118 Å². The molecular weight excluding hydrogens is 322 g/mol. The smallest absolute Gasteiger partial charge is 0.0837 e. The minimum absolute atomic E-state index is 0.222. The van der Waals surface area contributed by atoms with Crippen LogP contribution in [0.4, 0.5) is 0 Å². The van der Waals surface area contributed by atoms with Gasteiger partial charge in [0, 0.05) is 11.4 Å². The highest BCUT2D eigenvalue weighted by atomic mass is 79.9. The van der Waals surface area contributed by atoms with Gasteiger partial charge in [-0.25, -0.2) is 0 Å². The SMILES string of the molecule is CCn1ncc(Cl)c1C(N)c1cc(C)c(Br)s1. The summed E-state index contributed by atoms with van der Waals surface area (Å²) in [4.78, 5) is 1.09. The molecule has 0 saturated heterocycles. The zero-order chi connectivity index (χ0) is 12.6. The van der Waals surface area contributed by atoms with Crippen molar-refractivity contribution in [2.45, 2.75) is 26.4 Å². The van der Waals surface area contributed by atoms with Gasteiger partial charge in [-0.2, -0.15) is 5.10 Å². The summed E-state index contributed by atoms with van der Waals surface area (Å²) < 4.78 is 2.96. The highest BCUT2D eigenvalue weighted by molar-refractivity contribution is 9.11. The lowest BCUT2D eigenvalue weighted by atomic mass is 10.1. The third kappa shape index (κ3) is 2.42. The van der Waals surface area contributed by atoms with Crippen LogP contribution in [0.1, 0.15) is 29.1 Å². The molecule has 0 aliphatic carbocycles. The van der Waals surface area contributed by atoms with E-state index in [0.29, 0.717) is 5.02 Å². The van der Waals surface area contributed by atoms with E-state index in [0.717, 1.165) is 20.9 Å². The largest absolute Gasteiger partial charge is 0.318 e. The summed E-state index contributed by atoms with van der Waals surface area (Å²) in [6.07, 6.45) is 1.65. The Morgan fingerprint density at radius 3 is 2.88 bits per heavy atom. The van der Waals surface area contributed by atoms with Gasteiger partial charge in [-0.3, -0.25) is 4.68 Å². The number of halogens is 2. The van der Waals surface area contributed by atoms with Crippen LogP contribution in [0.25, 0.3) is 0 Å². The number of hydrogen-bond donors (Lipinski definition) is 1. The minimum Gasteiger partial charge on any atom is -0.318 e. The third-order valence-electron chi connectivity index (χ3n) is 2.61. The van der Waals surface area contributed by atoms with Crippen molar-refractivity contribution >= 4 is 38.9 Å². The van der Waals surface area contributed by atoms with Crippen LogP contribution < -0.4 is 5.73 Å². The molecule has 0 bridgehead atoms. The van der Waals surface area contributed by atoms with Gasteiger partial charge in [0.1, 0.15) is 0 Å². The van der Waals surface area contributed by atoms with Gasteiger partial charge in [-0.15, -0.1) is 11.3 Å². The number of thiophene rings is 1. The van der Waals surface area contributed by atoms with E-state index in [-0.39, 0.29) is 6.04 Å². The molecule has 0 radical (unpaired) electrons. The molecule has 6 heteroatoms. The van der Waals surface area contributed by atoms with Crippen LogP contribution in [0, 0.1) is 6.92 Å². The average Bonchev–Trinajstić information content (AvgIpc) is 2.82. The van der Waals surface area contributed by atoms with Gasteiger partial charge in [-0.05, 0) is 41.4 Å². The molecule has 17 heavy (non-hydrogen) atoms. The molecule has 0 aliphatic rings. The van der Waals surface area contributed by atoms with Crippen LogP contribution in [0.15, 0.2) is 16.0 Å². The predicted octanol–water partition coefficient (Wildman–Crippen LogP) is 3.74. The average molecular weight is 335 g/mol. The van der Waals surface area contributed by atoms with Crippen LogP contribution in [-0.2, 0) is 6.54 Å². The maximum atomic E-state index is 6.26. The highest BCUT2D eigenvalue weighted by Crippen LogP contribution is 2.35. The summed E-state index contributed by atoms with van der Waals surface area (Å²) in [5.74, 6) is 0. The quantitative estimate of drug-likeness (QED) is 0.929. The molecule has 92 valence electrons. The van der Waals surface area contributed by atoms with Crippen molar-refractivity contribution in [2.75, 3.05) is 0 Å². The summed E-state index contributed by atoms with van der Waals surface area (Å²) in [6.45, 7) is 4.84. The monoisotopic (exact) mass is 333 g/mol. The van der Waals surface area contributed by atoms with Crippen LogP contribution in [0.3, 0.4) is 0 Å². The highest BCUT2D eigenvalue weighted by Gasteiger charge is 2.20. The van der Waals surface area contributed by atoms with Crippen LogP contribution >= 0.6 is 38.9 Å². The predicted molar refractivity (Wildman–Crippen MR) is 75.7 cm³/mol. The van der Waals surface area contributed by atoms with Crippen molar-refractivity contribution in [1.82, 2.24) is 9.78 Å². The lowest BCUT2D eigenvalue weighted by Gasteiger charge is -2.12. The lowest BCUT2D eigenvalue weighted by molar-refractivity contribution is 0.603. The Balaban J connectivity index is 2.42. The molecule has 2 aromatic heterocycles. The standard InChI is InChI=1S/C11H13BrClN3S/c1-3-16-10(7(13)5-15-16)9(14)8-4-6(2)11(12)17-8/h4-5,9H,3,14H2,1-2H3. The molecule has 1 unspecified atom stereocenters. The second-order valence-corrected chi connectivity index (χ2v) is 6.59. The Morgan fingerprint density at radius 1 is 1.65 bits per heavy atom. The lowest BCUT2D eigenvalue weighted by Crippen LogP contribution is -2.16. The van der Waals surface area contributed by atoms with Crippen molar-refractivity contribution in [1.29, 1.82) is 0 Å². The number of hydrogen-bond acceptors (Lipinski definition) is 3. The Hall–Kier alpha value is -0.360. The molecule has 0 aromatic carbocycles. The second kappa shape index (κ2) is 5.10. The number of aryl methyl sites for hydroxylation is 2. The van der Waals surface area contributed by atoms with E-state index in [4.69, 9.17) is 17.3 Å². The van der Waals surface area contributed by atoms with E-state index in [9.17, 15) is 0 Å². The van der Waals surface area contributed by atoms with Gasteiger partial charge in [0.15, 0.2) is 0 Å². The van der Waals surface area contributed by atoms with Crippen molar-refractivity contribution in [3.05, 3.63) is 37.2 Å². The van der Waals surface area contributed by atoms with Gasteiger partial charge in [0.25, 0.3) is 0 Å². The molecule has 3 nitrogen and oxygen atoms in total. The first kappa shape index (κ1) is 13.1. The number of nitrogens with zero attached hydrogens (tertiary/aromatic N) is 2. The van der Waals surface area contributed by atoms with Gasteiger partial charge < -0.3 is 5.73 Å². The normalized spacial score (nSPS) is 13.0. The molecule has 2 N–H and O–H groups in total. The Bertz CT molecular complexity index is 515. The van der Waals surface area contributed by atoms with Gasteiger partial charge in [-0.1, -0.05) is 11.6 Å². The third-order valence-corrected chi connectivity index (χ3v) is 5.12. The summed E-state index contributed by atoms with van der Waals surface area (Å²) in [6, 6.07) is 1.86. The molecule has 0 aliphatic heterocycles. The fourth-order valence-electron chi connectivity index (χ4n) is 1.70. The van der Waals surface area contributed by atoms with Crippen molar-refractivity contribution in [3.8, 4) is 0 Å². The molecule has 0 fully saturated rings. The number of rotatable bonds is 3. The first-order valence-corrected chi connectivity index (χ1v) is 7.26. The van der Waals surface area contributed by atoms with E-state index in [1.165, 1.54) is 5.56 Å². The fourth-order valence-corrected chi connectivity index (χ4v) is 3.54. The van der Waals surface area contributed by atoms with Crippen molar-refractivity contribution in [2.24, 2.45) is 5.73 Å². The summed E-state index contributed by atoms with van der Waals surface area (Å²) in [5, 5.41) is 4.83. The second-order valence-electron chi connectivity index (χ2n) is 3.78. The molecule has 0 saturated carbocycles. The topological polar surface area (TPSA) is 43.8 Å². The molecule has 2 aromatic rings. The number of nitrogens with two attached hydrogens (primary N) is 1. The van der Waals surface area contributed by atoms with Crippen LogP contribution in [0.5, 0.6) is 0 Å². The molecular formula is C11H13BrClN3S. The number of aromatic nitrogens is 2. The first-order valence-electron chi connectivity index (χ1n) is 5.27. The minimum atomic E-state index is -0.222. The van der Waals surface area contributed by atoms with E-state index < -0.39 is 0 Å². The fraction of sp³-hybridized carbons (Fsp3) is 0.364. The zero-order valence-corrected chi connectivity index (χ0v) is 12.7. The van der Waals surface area contributed by atoms with Gasteiger partial charge >= 0.3 is 0 Å². The van der Waals surface area contributed by atoms with Crippen LogP contribution in [0.2, 0.25) is 5.02 Å². The molecule has 2 heterocycles. The maximum Gasteiger partial charge on any atom is 0.0837 e. The van der Waals surface area contributed by atoms with Crippen LogP contribution in [-0.4, -0.2) is 9.78 Å². The van der Waals surface area contributed by atoms with Gasteiger partial charge in [0.2, 0.25) is 0 Å². The molecule has 0 spiro atoms. The first-order chi connectivity index (χ1) is 8.04. The summed E-state index contributed by atoms with van der Waals surface area (Å²) in [5.41, 5.74) is 8.34. The Morgan fingerprint density at radius 2 is 2.35 bits per heavy atom. The summed E-state index contributed by atoms with van der Waals surface area (Å²) in [7, 11) is 0. The van der Waals surface area contributed by atoms with E-state index in [1.54, 1.807) is 17.5 Å². The Kier molecular flexibility index (Phi) is 3.92. The summed E-state index contributed by atoms with van der Waals surface area (Å²) >= 11 is 11.3.